The van der Waals surface area contributed by atoms with Gasteiger partial charge in [0.2, 0.25) is 0 Å². The van der Waals surface area contributed by atoms with Crippen molar-refractivity contribution in [3.05, 3.63) is 36.8 Å². The molecular formula is C21H25N5O4. The Balaban J connectivity index is 1.69. The van der Waals surface area contributed by atoms with E-state index in [1.54, 1.807) is 14.0 Å². The van der Waals surface area contributed by atoms with Crippen LogP contribution < -0.4 is 15.8 Å². The van der Waals surface area contributed by atoms with Crippen LogP contribution in [0, 0.1) is 0 Å². The lowest BCUT2D eigenvalue weighted by Gasteiger charge is -2.30. The van der Waals surface area contributed by atoms with E-state index in [0.29, 0.717) is 18.8 Å². The van der Waals surface area contributed by atoms with E-state index >= 15 is 0 Å². The summed E-state index contributed by atoms with van der Waals surface area (Å²) in [6, 6.07) is 7.87. The molecule has 1 aromatic carbocycles. The molecule has 1 aliphatic rings. The molecule has 0 amide bonds. The quantitative estimate of drug-likeness (QED) is 0.616. The van der Waals surface area contributed by atoms with Gasteiger partial charge in [0.1, 0.15) is 23.5 Å². The van der Waals surface area contributed by atoms with Gasteiger partial charge in [0, 0.05) is 30.8 Å². The Morgan fingerprint density at radius 1 is 1.30 bits per heavy atom. The minimum atomic E-state index is -0.668. The molecule has 1 saturated heterocycles. The number of carbonyl (C=O) groups excluding carboxylic acids is 1. The first kappa shape index (κ1) is 20.0. The van der Waals surface area contributed by atoms with Crippen LogP contribution in [0.2, 0.25) is 0 Å². The van der Waals surface area contributed by atoms with Crippen molar-refractivity contribution in [2.24, 2.45) is 0 Å². The average Bonchev–Trinajstić information content (AvgIpc) is 3.15. The Morgan fingerprint density at radius 3 is 2.83 bits per heavy atom. The highest BCUT2D eigenvalue weighted by Crippen LogP contribution is 2.37. The van der Waals surface area contributed by atoms with Crippen molar-refractivity contribution in [2.75, 3.05) is 26.0 Å². The zero-order chi connectivity index (χ0) is 21.1. The highest BCUT2D eigenvalue weighted by molar-refractivity contribution is 6.00. The highest BCUT2D eigenvalue weighted by atomic mass is 16.7. The molecule has 4 rings (SSSR count). The van der Waals surface area contributed by atoms with E-state index in [9.17, 15) is 4.79 Å². The summed E-state index contributed by atoms with van der Waals surface area (Å²) >= 11 is 0. The van der Waals surface area contributed by atoms with Crippen LogP contribution in [-0.2, 0) is 9.47 Å². The first-order chi connectivity index (χ1) is 14.6. The van der Waals surface area contributed by atoms with Gasteiger partial charge < -0.3 is 24.5 Å². The molecule has 0 aliphatic carbocycles. The number of hydrogen-bond acceptors (Lipinski definition) is 8. The average molecular weight is 411 g/mol. The standard InChI is InChI=1S/C21H25N5O4/c1-3-29-21(27)30-17-10-14(8-9-23-17)26-11-16(13-4-6-15(28-2)7-5-13)18-19(22)24-12-25-20(18)26/h4-7,11-12,14,17,23H,3,8-10H2,1-2H3,(H2,22,24,25). The lowest BCUT2D eigenvalue weighted by atomic mass is 10.1. The number of ether oxygens (including phenoxy) is 3. The van der Waals surface area contributed by atoms with Gasteiger partial charge in [0.15, 0.2) is 6.23 Å². The largest absolute Gasteiger partial charge is 0.509 e. The van der Waals surface area contributed by atoms with Crippen LogP contribution in [0.3, 0.4) is 0 Å². The van der Waals surface area contributed by atoms with Crippen LogP contribution in [0.4, 0.5) is 10.6 Å². The van der Waals surface area contributed by atoms with Gasteiger partial charge in [0.05, 0.1) is 19.1 Å². The number of nitrogens with zero attached hydrogens (tertiary/aromatic N) is 3. The van der Waals surface area contributed by atoms with Gasteiger partial charge in [-0.15, -0.1) is 0 Å². The third kappa shape index (κ3) is 3.88. The topological polar surface area (TPSA) is 114 Å². The molecule has 0 spiro atoms. The molecule has 0 bridgehead atoms. The van der Waals surface area contributed by atoms with Gasteiger partial charge >= 0.3 is 6.16 Å². The number of nitrogens with two attached hydrogens (primary N) is 1. The predicted molar refractivity (Wildman–Crippen MR) is 112 cm³/mol. The summed E-state index contributed by atoms with van der Waals surface area (Å²) in [6.07, 6.45) is 3.88. The molecule has 3 N–H and O–H groups in total. The van der Waals surface area contributed by atoms with Crippen molar-refractivity contribution in [2.45, 2.75) is 32.0 Å². The maximum Gasteiger partial charge on any atom is 0.509 e. The zero-order valence-electron chi connectivity index (χ0n) is 17.0. The second kappa shape index (κ2) is 8.58. The SMILES string of the molecule is CCOC(=O)OC1CC(n2cc(-c3ccc(OC)cc3)c3c(N)ncnc32)CCN1. The fraction of sp³-hybridized carbons (Fsp3) is 0.381. The number of aromatic nitrogens is 3. The third-order valence-electron chi connectivity index (χ3n) is 5.27. The van der Waals surface area contributed by atoms with Crippen LogP contribution >= 0.6 is 0 Å². The number of fused-ring (bicyclic) bond motifs is 1. The van der Waals surface area contributed by atoms with Crippen LogP contribution in [0.15, 0.2) is 36.8 Å². The fourth-order valence-corrected chi connectivity index (χ4v) is 3.85. The normalized spacial score (nSPS) is 18.9. The number of rotatable bonds is 5. The maximum absolute atomic E-state index is 11.7. The summed E-state index contributed by atoms with van der Waals surface area (Å²) in [5, 5.41) is 4.02. The van der Waals surface area contributed by atoms with Gasteiger partial charge in [-0.25, -0.2) is 14.8 Å². The molecule has 2 unspecified atom stereocenters. The van der Waals surface area contributed by atoms with Crippen LogP contribution in [0.25, 0.3) is 22.2 Å². The summed E-state index contributed by atoms with van der Waals surface area (Å²) in [5.41, 5.74) is 8.94. The molecule has 0 radical (unpaired) electrons. The Morgan fingerprint density at radius 2 is 2.10 bits per heavy atom. The van der Waals surface area contributed by atoms with E-state index in [1.807, 2.05) is 24.3 Å². The molecule has 158 valence electrons. The highest BCUT2D eigenvalue weighted by Gasteiger charge is 2.28. The van der Waals surface area contributed by atoms with Gasteiger partial charge in [-0.2, -0.15) is 0 Å². The molecule has 9 nitrogen and oxygen atoms in total. The van der Waals surface area contributed by atoms with Crippen molar-refractivity contribution in [3.8, 4) is 16.9 Å². The molecule has 1 fully saturated rings. The Labute approximate surface area is 174 Å². The molecular weight excluding hydrogens is 386 g/mol. The summed E-state index contributed by atoms with van der Waals surface area (Å²) in [4.78, 5) is 20.4. The zero-order valence-corrected chi connectivity index (χ0v) is 17.0. The Bertz CT molecular complexity index is 1030. The number of methoxy groups -OCH3 is 1. The van der Waals surface area contributed by atoms with Crippen molar-refractivity contribution < 1.29 is 19.0 Å². The second-order valence-electron chi connectivity index (χ2n) is 7.06. The first-order valence-corrected chi connectivity index (χ1v) is 9.93. The summed E-state index contributed by atoms with van der Waals surface area (Å²) in [7, 11) is 1.64. The minimum Gasteiger partial charge on any atom is -0.497 e. The predicted octanol–water partition coefficient (Wildman–Crippen LogP) is 3.11. The van der Waals surface area contributed by atoms with E-state index in [0.717, 1.165) is 34.3 Å². The number of hydrogen-bond donors (Lipinski definition) is 2. The summed E-state index contributed by atoms with van der Waals surface area (Å²) in [6.45, 7) is 2.72. The molecule has 3 aromatic rings. The van der Waals surface area contributed by atoms with E-state index in [2.05, 4.69) is 26.0 Å². The van der Waals surface area contributed by atoms with Crippen LogP contribution in [0.1, 0.15) is 25.8 Å². The van der Waals surface area contributed by atoms with Gasteiger partial charge in [-0.1, -0.05) is 12.1 Å². The minimum absolute atomic E-state index is 0.0782. The molecule has 30 heavy (non-hydrogen) atoms. The lowest BCUT2D eigenvalue weighted by Crippen LogP contribution is -2.41. The first-order valence-electron chi connectivity index (χ1n) is 9.93. The molecule has 2 aromatic heterocycles. The van der Waals surface area contributed by atoms with E-state index in [4.69, 9.17) is 19.9 Å². The fourth-order valence-electron chi connectivity index (χ4n) is 3.85. The van der Waals surface area contributed by atoms with Gasteiger partial charge in [-0.3, -0.25) is 5.32 Å². The maximum atomic E-state index is 11.7. The number of carbonyl (C=O) groups is 1. The van der Waals surface area contributed by atoms with E-state index in [1.165, 1.54) is 6.33 Å². The van der Waals surface area contributed by atoms with Crippen molar-refractivity contribution >= 4 is 23.0 Å². The number of nitrogens with one attached hydrogen (secondary N) is 1. The van der Waals surface area contributed by atoms with Crippen molar-refractivity contribution in [1.82, 2.24) is 19.9 Å². The van der Waals surface area contributed by atoms with Crippen molar-refractivity contribution in [1.29, 1.82) is 0 Å². The summed E-state index contributed by atoms with van der Waals surface area (Å²) in [5.74, 6) is 1.21. The monoisotopic (exact) mass is 411 g/mol. The Kier molecular flexibility index (Phi) is 5.71. The number of piperidine rings is 1. The molecule has 0 saturated carbocycles. The van der Waals surface area contributed by atoms with Crippen molar-refractivity contribution in [3.63, 3.8) is 0 Å². The Hall–Kier alpha value is -3.33. The van der Waals surface area contributed by atoms with E-state index < -0.39 is 12.4 Å². The number of anilines is 1. The van der Waals surface area contributed by atoms with Gasteiger partial charge in [0.25, 0.3) is 0 Å². The number of nitrogen functional groups attached to an aromatic ring is 1. The smallest absolute Gasteiger partial charge is 0.497 e. The molecule has 1 aliphatic heterocycles. The van der Waals surface area contributed by atoms with Crippen LogP contribution in [0.5, 0.6) is 5.75 Å². The van der Waals surface area contributed by atoms with Gasteiger partial charge in [-0.05, 0) is 31.0 Å². The molecule has 2 atom stereocenters. The summed E-state index contributed by atoms with van der Waals surface area (Å²) < 4.78 is 17.6. The second-order valence-corrected chi connectivity index (χ2v) is 7.06. The molecule has 9 heteroatoms. The van der Waals surface area contributed by atoms with E-state index in [-0.39, 0.29) is 12.6 Å². The molecule has 3 heterocycles. The number of benzene rings is 1. The lowest BCUT2D eigenvalue weighted by molar-refractivity contribution is -0.00299. The van der Waals surface area contributed by atoms with Crippen LogP contribution in [-0.4, -0.2) is 47.2 Å². The third-order valence-corrected chi connectivity index (χ3v) is 5.27.